The van der Waals surface area contributed by atoms with Gasteiger partial charge in [-0.3, -0.25) is 19.7 Å². The van der Waals surface area contributed by atoms with E-state index in [9.17, 15) is 27.6 Å². The fourth-order valence-corrected chi connectivity index (χ4v) is 3.78. The minimum atomic E-state index is -4.71. The van der Waals surface area contributed by atoms with Crippen molar-refractivity contribution in [3.63, 3.8) is 0 Å². The lowest BCUT2D eigenvalue weighted by atomic mass is 10.0. The quantitative estimate of drug-likeness (QED) is 0.587. The van der Waals surface area contributed by atoms with Gasteiger partial charge in [0.25, 0.3) is 5.24 Å². The van der Waals surface area contributed by atoms with Crippen molar-refractivity contribution in [3.05, 3.63) is 59.2 Å². The molecule has 2 amide bonds. The van der Waals surface area contributed by atoms with Gasteiger partial charge in [0, 0.05) is 0 Å². The van der Waals surface area contributed by atoms with Crippen LogP contribution in [0, 0.1) is 0 Å². The molecule has 4 N–H and O–H groups in total. The van der Waals surface area contributed by atoms with Crippen LogP contribution in [0.25, 0.3) is 0 Å². The van der Waals surface area contributed by atoms with Crippen molar-refractivity contribution in [2.75, 3.05) is 0 Å². The average Bonchev–Trinajstić information content (AvgIpc) is 3.00. The number of nitrogens with two attached hydrogens (primary N) is 1. The van der Waals surface area contributed by atoms with Gasteiger partial charge in [-0.05, 0) is 48.2 Å². The number of imide groups is 1. The maximum Gasteiger partial charge on any atom is 0.419 e. The molecule has 2 unspecified atom stereocenters. The van der Waals surface area contributed by atoms with Crippen molar-refractivity contribution in [1.82, 2.24) is 5.32 Å². The van der Waals surface area contributed by atoms with E-state index >= 15 is 0 Å². The Morgan fingerprint density at radius 2 is 1.81 bits per heavy atom. The molecule has 0 bridgehead atoms. The minimum Gasteiger partial charge on any atom is -0.480 e. The molecule has 31 heavy (non-hydrogen) atoms. The highest BCUT2D eigenvalue weighted by molar-refractivity contribution is 8.15. The summed E-state index contributed by atoms with van der Waals surface area (Å²) in [5.41, 5.74) is 5.28. The molecule has 0 radical (unpaired) electrons. The molecule has 1 aliphatic rings. The van der Waals surface area contributed by atoms with Crippen molar-refractivity contribution < 1.29 is 37.4 Å². The lowest BCUT2D eigenvalue weighted by Gasteiger charge is -2.16. The molecule has 0 saturated carbocycles. The summed E-state index contributed by atoms with van der Waals surface area (Å²) in [6.45, 7) is 0. The topological polar surface area (TPSA) is 119 Å². The Labute approximate surface area is 178 Å². The van der Waals surface area contributed by atoms with E-state index in [1.165, 1.54) is 30.3 Å². The molecule has 1 heterocycles. The third kappa shape index (κ3) is 5.76. The van der Waals surface area contributed by atoms with Gasteiger partial charge in [0.15, 0.2) is 0 Å². The third-order valence-electron chi connectivity index (χ3n) is 4.46. The van der Waals surface area contributed by atoms with Crippen LogP contribution in [0.5, 0.6) is 11.5 Å². The van der Waals surface area contributed by atoms with E-state index in [1.807, 2.05) is 0 Å². The van der Waals surface area contributed by atoms with Gasteiger partial charge in [-0.1, -0.05) is 30.0 Å². The van der Waals surface area contributed by atoms with E-state index in [4.69, 9.17) is 15.6 Å². The first-order valence-electron chi connectivity index (χ1n) is 8.99. The Balaban J connectivity index is 1.78. The number of hydrogen-bond acceptors (Lipinski definition) is 6. The van der Waals surface area contributed by atoms with Gasteiger partial charge in [-0.15, -0.1) is 0 Å². The molecule has 164 valence electrons. The lowest BCUT2D eigenvalue weighted by Crippen LogP contribution is -2.32. The molecule has 0 aromatic heterocycles. The number of carboxylic acids is 1. The number of hydrogen-bond donors (Lipinski definition) is 3. The number of carbonyl (C=O) groups is 3. The Morgan fingerprint density at radius 1 is 1.16 bits per heavy atom. The summed E-state index contributed by atoms with van der Waals surface area (Å²) in [7, 11) is 0. The third-order valence-corrected chi connectivity index (χ3v) is 5.44. The zero-order valence-corrected chi connectivity index (χ0v) is 16.6. The van der Waals surface area contributed by atoms with Gasteiger partial charge in [0.2, 0.25) is 5.91 Å². The molecule has 2 aromatic carbocycles. The van der Waals surface area contributed by atoms with Crippen molar-refractivity contribution in [1.29, 1.82) is 0 Å². The van der Waals surface area contributed by atoms with Gasteiger partial charge in [-0.2, -0.15) is 13.2 Å². The SMILES string of the molecule is NC(Cc1ccc(Oc2ccc(CC3SC(=O)NC3=O)cc2C(F)(F)F)cc1)C(=O)O. The molecular formula is C20H17F3N2O5S. The second-order valence-corrected chi connectivity index (χ2v) is 7.99. The normalized spacial score (nSPS) is 17.4. The van der Waals surface area contributed by atoms with E-state index in [0.29, 0.717) is 5.56 Å². The number of halogens is 3. The smallest absolute Gasteiger partial charge is 0.419 e. The Kier molecular flexibility index (Phi) is 6.56. The summed E-state index contributed by atoms with van der Waals surface area (Å²) in [5, 5.41) is 9.62. The van der Waals surface area contributed by atoms with Crippen LogP contribution in [-0.4, -0.2) is 33.5 Å². The summed E-state index contributed by atoms with van der Waals surface area (Å²) in [4.78, 5) is 33.7. The number of benzene rings is 2. The van der Waals surface area contributed by atoms with Crippen molar-refractivity contribution in [3.8, 4) is 11.5 Å². The van der Waals surface area contributed by atoms with Crippen LogP contribution in [0.1, 0.15) is 16.7 Å². The van der Waals surface area contributed by atoms with E-state index < -0.39 is 45.9 Å². The van der Waals surface area contributed by atoms with E-state index in [0.717, 1.165) is 23.9 Å². The van der Waals surface area contributed by atoms with E-state index in [1.54, 1.807) is 0 Å². The predicted molar refractivity (Wildman–Crippen MR) is 106 cm³/mol. The highest BCUT2D eigenvalue weighted by Gasteiger charge is 2.36. The molecule has 3 rings (SSSR count). The Hall–Kier alpha value is -3.05. The van der Waals surface area contributed by atoms with Crippen molar-refractivity contribution in [2.24, 2.45) is 5.73 Å². The molecule has 0 spiro atoms. The van der Waals surface area contributed by atoms with Gasteiger partial charge in [0.05, 0.1) is 10.8 Å². The first-order chi connectivity index (χ1) is 14.5. The maximum atomic E-state index is 13.6. The Morgan fingerprint density at radius 3 is 2.35 bits per heavy atom. The standard InChI is InChI=1S/C20H17F3N2O5S/c21-20(22,23)13-7-11(9-16-17(26)25-19(29)31-16)3-6-15(13)30-12-4-1-10(2-5-12)8-14(24)18(27)28/h1-7,14,16H,8-9,24H2,(H,27,28)(H,25,26,29). The van der Waals surface area contributed by atoms with Gasteiger partial charge >= 0.3 is 12.1 Å². The fourth-order valence-electron chi connectivity index (χ4n) is 2.92. The summed E-state index contributed by atoms with van der Waals surface area (Å²) < 4.78 is 46.1. The summed E-state index contributed by atoms with van der Waals surface area (Å²) in [6.07, 6.45) is -4.68. The number of amides is 2. The second kappa shape index (κ2) is 8.98. The first kappa shape index (κ1) is 22.6. The number of carbonyl (C=O) groups excluding carboxylic acids is 2. The Bertz CT molecular complexity index is 1010. The second-order valence-electron chi connectivity index (χ2n) is 6.81. The summed E-state index contributed by atoms with van der Waals surface area (Å²) in [6, 6.07) is 8.25. The molecule has 2 aromatic rings. The number of carboxylic acid groups (broad SMARTS) is 1. The highest BCUT2D eigenvalue weighted by atomic mass is 32.2. The summed E-state index contributed by atoms with van der Waals surface area (Å²) in [5.74, 6) is -1.99. The number of nitrogens with one attached hydrogen (secondary N) is 1. The van der Waals surface area contributed by atoms with E-state index in [2.05, 4.69) is 5.32 Å². The van der Waals surface area contributed by atoms with Crippen molar-refractivity contribution in [2.45, 2.75) is 30.3 Å². The zero-order chi connectivity index (χ0) is 22.8. The monoisotopic (exact) mass is 454 g/mol. The van der Waals surface area contributed by atoms with Crippen LogP contribution < -0.4 is 15.8 Å². The highest BCUT2D eigenvalue weighted by Crippen LogP contribution is 2.39. The van der Waals surface area contributed by atoms with Gasteiger partial charge in [-0.25, -0.2) is 0 Å². The molecule has 7 nitrogen and oxygen atoms in total. The number of rotatable bonds is 7. The molecule has 1 aliphatic heterocycles. The lowest BCUT2D eigenvalue weighted by molar-refractivity contribution is -0.139. The fraction of sp³-hybridized carbons (Fsp3) is 0.250. The van der Waals surface area contributed by atoms with Crippen LogP contribution >= 0.6 is 11.8 Å². The minimum absolute atomic E-state index is 0.0376. The zero-order valence-electron chi connectivity index (χ0n) is 15.8. The summed E-state index contributed by atoms with van der Waals surface area (Å²) >= 11 is 0.738. The van der Waals surface area contributed by atoms with Crippen LogP contribution in [0.4, 0.5) is 18.0 Å². The van der Waals surface area contributed by atoms with Crippen LogP contribution in [0.15, 0.2) is 42.5 Å². The number of alkyl halides is 3. The van der Waals surface area contributed by atoms with E-state index in [-0.39, 0.29) is 24.2 Å². The van der Waals surface area contributed by atoms with Crippen LogP contribution in [0.3, 0.4) is 0 Å². The predicted octanol–water partition coefficient (Wildman–Crippen LogP) is 3.35. The number of thioether (sulfide) groups is 1. The van der Waals surface area contributed by atoms with Crippen LogP contribution in [0.2, 0.25) is 0 Å². The number of ether oxygens (including phenoxy) is 1. The molecule has 11 heteroatoms. The van der Waals surface area contributed by atoms with Crippen LogP contribution in [-0.2, 0) is 28.6 Å². The molecule has 1 saturated heterocycles. The molecule has 0 aliphatic carbocycles. The first-order valence-corrected chi connectivity index (χ1v) is 9.87. The largest absolute Gasteiger partial charge is 0.480 e. The molecule has 1 fully saturated rings. The van der Waals surface area contributed by atoms with Gasteiger partial charge in [0.1, 0.15) is 17.5 Å². The number of aliphatic carboxylic acids is 1. The van der Waals surface area contributed by atoms with Crippen molar-refractivity contribution >= 4 is 28.9 Å². The van der Waals surface area contributed by atoms with Gasteiger partial charge < -0.3 is 15.6 Å². The molecular weight excluding hydrogens is 437 g/mol. The maximum absolute atomic E-state index is 13.6. The average molecular weight is 454 g/mol. The molecule has 2 atom stereocenters.